The first-order chi connectivity index (χ1) is 9.33. The van der Waals surface area contributed by atoms with E-state index in [0.717, 1.165) is 43.3 Å². The number of aryl methyl sites for hydroxylation is 1. The van der Waals surface area contributed by atoms with Gasteiger partial charge in [-0.25, -0.2) is 4.98 Å². The summed E-state index contributed by atoms with van der Waals surface area (Å²) in [6.07, 6.45) is 4.08. The Morgan fingerprint density at radius 2 is 2.32 bits per heavy atom. The second-order valence-corrected chi connectivity index (χ2v) is 5.45. The topological polar surface area (TPSA) is 45.4 Å². The third-order valence-corrected chi connectivity index (χ3v) is 4.29. The van der Waals surface area contributed by atoms with Crippen molar-refractivity contribution in [2.45, 2.75) is 25.8 Å². The lowest BCUT2D eigenvalue weighted by atomic mass is 10.2. The van der Waals surface area contributed by atoms with Gasteiger partial charge in [-0.3, -0.25) is 4.90 Å². The summed E-state index contributed by atoms with van der Waals surface area (Å²) in [4.78, 5) is 13.8. The van der Waals surface area contributed by atoms with Gasteiger partial charge in [-0.15, -0.1) is 0 Å². The molecule has 0 amide bonds. The highest BCUT2D eigenvalue weighted by atomic mass is 16.4. The summed E-state index contributed by atoms with van der Waals surface area (Å²) in [6, 6.07) is 3.37. The second-order valence-electron chi connectivity index (χ2n) is 5.45. The molecule has 2 saturated heterocycles. The van der Waals surface area contributed by atoms with Gasteiger partial charge in [0.1, 0.15) is 0 Å². The minimum atomic E-state index is 0.562. The lowest BCUT2D eigenvalue weighted by Gasteiger charge is -2.32. The van der Waals surface area contributed by atoms with Crippen LogP contribution >= 0.6 is 0 Å². The maximum Gasteiger partial charge on any atom is 0.300 e. The Morgan fingerprint density at radius 1 is 1.37 bits per heavy atom. The summed E-state index contributed by atoms with van der Waals surface area (Å²) in [5, 5.41) is 0. The highest BCUT2D eigenvalue weighted by Gasteiger charge is 2.34. The summed E-state index contributed by atoms with van der Waals surface area (Å²) in [7, 11) is 0. The van der Waals surface area contributed by atoms with Gasteiger partial charge in [-0.2, -0.15) is 4.98 Å². The van der Waals surface area contributed by atoms with E-state index in [1.54, 1.807) is 0 Å². The molecule has 100 valence electrons. The number of aromatic nitrogens is 2. The molecular formula is C14H18N4O. The van der Waals surface area contributed by atoms with Crippen molar-refractivity contribution in [1.82, 2.24) is 14.9 Å². The number of oxazole rings is 1. The van der Waals surface area contributed by atoms with Crippen LogP contribution in [0.1, 0.15) is 18.9 Å². The van der Waals surface area contributed by atoms with Crippen LogP contribution in [0.5, 0.6) is 0 Å². The van der Waals surface area contributed by atoms with Crippen molar-refractivity contribution in [1.29, 1.82) is 0 Å². The quantitative estimate of drug-likeness (QED) is 0.820. The molecule has 2 atom stereocenters. The molecule has 2 aromatic rings. The van der Waals surface area contributed by atoms with E-state index in [9.17, 15) is 0 Å². The molecule has 2 aromatic heterocycles. The van der Waals surface area contributed by atoms with E-state index in [0.29, 0.717) is 6.04 Å². The van der Waals surface area contributed by atoms with Crippen LogP contribution in [0.25, 0.3) is 11.2 Å². The molecule has 19 heavy (non-hydrogen) atoms. The smallest absolute Gasteiger partial charge is 0.300 e. The number of hydrogen-bond acceptors (Lipinski definition) is 5. The van der Waals surface area contributed by atoms with Gasteiger partial charge in [-0.1, -0.05) is 6.92 Å². The number of hydrogen-bond donors (Lipinski definition) is 0. The van der Waals surface area contributed by atoms with Crippen LogP contribution < -0.4 is 4.90 Å². The monoisotopic (exact) mass is 258 g/mol. The first-order valence-corrected chi connectivity index (χ1v) is 7.08. The van der Waals surface area contributed by atoms with Crippen molar-refractivity contribution < 1.29 is 4.42 Å². The zero-order valence-corrected chi connectivity index (χ0v) is 11.2. The molecule has 0 saturated carbocycles. The van der Waals surface area contributed by atoms with Gasteiger partial charge in [0.2, 0.25) is 5.65 Å². The number of nitrogens with zero attached hydrogens (tertiary/aromatic N) is 4. The molecule has 0 spiro atoms. The zero-order chi connectivity index (χ0) is 12.8. The molecule has 5 nitrogen and oxygen atoms in total. The van der Waals surface area contributed by atoms with Crippen molar-refractivity contribution in [2.24, 2.45) is 0 Å². The fourth-order valence-corrected chi connectivity index (χ4v) is 3.12. The number of anilines is 1. The van der Waals surface area contributed by atoms with Gasteiger partial charge in [0, 0.05) is 38.4 Å². The van der Waals surface area contributed by atoms with Gasteiger partial charge in [-0.05, 0) is 24.5 Å². The zero-order valence-electron chi connectivity index (χ0n) is 11.2. The highest BCUT2D eigenvalue weighted by molar-refractivity contribution is 5.70. The lowest BCUT2D eigenvalue weighted by molar-refractivity contribution is 0.304. The maximum atomic E-state index is 5.93. The molecule has 2 aliphatic heterocycles. The van der Waals surface area contributed by atoms with Crippen LogP contribution in [0, 0.1) is 0 Å². The summed E-state index contributed by atoms with van der Waals surface area (Å²) < 4.78 is 5.93. The Bertz CT molecular complexity index is 609. The summed E-state index contributed by atoms with van der Waals surface area (Å²) >= 11 is 0. The van der Waals surface area contributed by atoms with Gasteiger partial charge in [0.25, 0.3) is 6.01 Å². The molecular weight excluding hydrogens is 240 g/mol. The van der Waals surface area contributed by atoms with Gasteiger partial charge in [0.15, 0.2) is 5.58 Å². The predicted octanol–water partition coefficient (Wildman–Crippen LogP) is 1.68. The largest absolute Gasteiger partial charge is 0.422 e. The fourth-order valence-electron chi connectivity index (χ4n) is 3.12. The second kappa shape index (κ2) is 4.20. The average molecular weight is 258 g/mol. The Labute approximate surface area is 112 Å². The van der Waals surface area contributed by atoms with Crippen LogP contribution in [-0.2, 0) is 6.42 Å². The molecule has 0 aromatic carbocycles. The summed E-state index contributed by atoms with van der Waals surface area (Å²) in [6.45, 7) is 6.60. The lowest BCUT2D eigenvalue weighted by Crippen LogP contribution is -2.46. The average Bonchev–Trinajstić information content (AvgIpc) is 3.02. The Balaban J connectivity index is 1.70. The number of rotatable bonds is 2. The third-order valence-electron chi connectivity index (χ3n) is 4.29. The van der Waals surface area contributed by atoms with E-state index in [4.69, 9.17) is 4.42 Å². The molecule has 4 heterocycles. The fraction of sp³-hybridized carbons (Fsp3) is 0.571. The van der Waals surface area contributed by atoms with E-state index in [-0.39, 0.29) is 0 Å². The van der Waals surface area contributed by atoms with Gasteiger partial charge in [0.05, 0.1) is 0 Å². The van der Waals surface area contributed by atoms with Gasteiger partial charge >= 0.3 is 0 Å². The van der Waals surface area contributed by atoms with Crippen LogP contribution in [0.2, 0.25) is 0 Å². The van der Waals surface area contributed by atoms with E-state index < -0.39 is 0 Å². The first-order valence-electron chi connectivity index (χ1n) is 7.08. The highest BCUT2D eigenvalue weighted by Crippen LogP contribution is 2.28. The van der Waals surface area contributed by atoms with E-state index in [2.05, 4.69) is 32.8 Å². The molecule has 0 radical (unpaired) electrons. The van der Waals surface area contributed by atoms with E-state index >= 15 is 0 Å². The Morgan fingerprint density at radius 3 is 3.21 bits per heavy atom. The molecule has 2 fully saturated rings. The molecule has 2 aliphatic rings. The van der Waals surface area contributed by atoms with Crippen LogP contribution in [0.4, 0.5) is 6.01 Å². The Kier molecular flexibility index (Phi) is 2.48. The number of fused-ring (bicyclic) bond motifs is 3. The minimum absolute atomic E-state index is 0.562. The van der Waals surface area contributed by atoms with Gasteiger partial charge < -0.3 is 9.32 Å². The minimum Gasteiger partial charge on any atom is -0.422 e. The van der Waals surface area contributed by atoms with Crippen LogP contribution in [-0.4, -0.2) is 47.1 Å². The molecule has 0 N–H and O–H groups in total. The normalized spacial score (nSPS) is 26.3. The van der Waals surface area contributed by atoms with Crippen molar-refractivity contribution in [3.05, 3.63) is 17.8 Å². The molecule has 5 heteroatoms. The SMILES string of the molecule is CCc1cnc2nc(N3CCN4CCC3C4)oc2c1. The van der Waals surface area contributed by atoms with E-state index in [1.807, 2.05) is 6.20 Å². The summed E-state index contributed by atoms with van der Waals surface area (Å²) in [5.41, 5.74) is 2.74. The molecule has 2 bridgehead atoms. The Hall–Kier alpha value is -1.62. The van der Waals surface area contributed by atoms with Crippen molar-refractivity contribution in [3.63, 3.8) is 0 Å². The van der Waals surface area contributed by atoms with Crippen LogP contribution in [0.3, 0.4) is 0 Å². The number of pyridine rings is 1. The van der Waals surface area contributed by atoms with Crippen molar-refractivity contribution in [3.8, 4) is 0 Å². The molecule has 2 unspecified atom stereocenters. The molecule has 0 aliphatic carbocycles. The summed E-state index contributed by atoms with van der Waals surface area (Å²) in [5.74, 6) is 0. The maximum absolute atomic E-state index is 5.93. The first kappa shape index (κ1) is 11.2. The number of piperazine rings is 1. The van der Waals surface area contributed by atoms with E-state index in [1.165, 1.54) is 18.5 Å². The van der Waals surface area contributed by atoms with Crippen LogP contribution in [0.15, 0.2) is 16.7 Å². The van der Waals surface area contributed by atoms with Crippen molar-refractivity contribution >= 4 is 17.2 Å². The predicted molar refractivity (Wildman–Crippen MR) is 73.4 cm³/mol. The molecule has 4 rings (SSSR count). The standard InChI is InChI=1S/C14H18N4O/c1-2-10-7-12-13(15-8-10)16-14(19-12)18-6-5-17-4-3-11(18)9-17/h7-8,11H,2-6,9H2,1H3. The third kappa shape index (κ3) is 1.80. The van der Waals surface area contributed by atoms with Crippen molar-refractivity contribution in [2.75, 3.05) is 31.1 Å².